The van der Waals surface area contributed by atoms with Crippen LogP contribution in [0.25, 0.3) is 0 Å². The largest absolute Gasteiger partial charge is 0.378 e. The molecule has 0 bridgehead atoms. The Morgan fingerprint density at radius 2 is 1.81 bits per heavy atom. The number of hydrogen-bond donors (Lipinski definition) is 1. The average molecular weight is 488 g/mol. The summed E-state index contributed by atoms with van der Waals surface area (Å²) in [6.07, 6.45) is 0. The number of likely N-dealkylation sites (tertiary alicyclic amines) is 1. The zero-order valence-corrected chi connectivity index (χ0v) is 19.0. The summed E-state index contributed by atoms with van der Waals surface area (Å²) in [6, 6.07) is 13.3. The second kappa shape index (κ2) is 8.88. The molecule has 2 unspecified atom stereocenters. The van der Waals surface area contributed by atoms with E-state index in [1.807, 2.05) is 4.90 Å². The standard InChI is InChI=1S/C24H27BrFN3O2/c25-18-4-1-16(2-5-18)13-28-14-20-19(21(20)15-28)12-27-24(30)17-3-6-23(22(26)11-17)29-7-9-31-10-8-29/h1-6,11,19-21H,7-10,12-15H2,(H,27,30). The highest BCUT2D eigenvalue weighted by molar-refractivity contribution is 9.10. The molecule has 1 aliphatic carbocycles. The molecule has 7 heteroatoms. The van der Waals surface area contributed by atoms with Crippen molar-refractivity contribution >= 4 is 27.5 Å². The predicted molar refractivity (Wildman–Crippen MR) is 122 cm³/mol. The third-order valence-corrected chi connectivity index (χ3v) is 7.36. The predicted octanol–water partition coefficient (Wildman–Crippen LogP) is 3.53. The van der Waals surface area contributed by atoms with Gasteiger partial charge in [-0.1, -0.05) is 28.1 Å². The van der Waals surface area contributed by atoms with E-state index in [-0.39, 0.29) is 11.7 Å². The molecule has 2 saturated heterocycles. The van der Waals surface area contributed by atoms with Crippen LogP contribution in [0.2, 0.25) is 0 Å². The van der Waals surface area contributed by atoms with Gasteiger partial charge in [0.25, 0.3) is 5.91 Å². The first kappa shape index (κ1) is 20.9. The molecular weight excluding hydrogens is 461 g/mol. The molecule has 1 saturated carbocycles. The Balaban J connectivity index is 1.09. The number of morpholine rings is 1. The van der Waals surface area contributed by atoms with E-state index in [9.17, 15) is 9.18 Å². The number of halogens is 2. The molecule has 2 aromatic carbocycles. The Kier molecular flexibility index (Phi) is 5.99. The van der Waals surface area contributed by atoms with Crippen molar-refractivity contribution in [3.8, 4) is 0 Å². The number of rotatable bonds is 6. The zero-order valence-electron chi connectivity index (χ0n) is 17.4. The van der Waals surface area contributed by atoms with Crippen LogP contribution in [0.15, 0.2) is 46.9 Å². The minimum atomic E-state index is -0.346. The van der Waals surface area contributed by atoms with E-state index in [4.69, 9.17) is 4.74 Å². The van der Waals surface area contributed by atoms with Crippen molar-refractivity contribution in [3.05, 3.63) is 63.9 Å². The van der Waals surface area contributed by atoms with Crippen molar-refractivity contribution in [2.75, 3.05) is 50.8 Å². The molecule has 0 radical (unpaired) electrons. The number of anilines is 1. The molecule has 1 amide bonds. The molecule has 2 heterocycles. The lowest BCUT2D eigenvalue weighted by atomic mass is 10.1. The lowest BCUT2D eigenvalue weighted by molar-refractivity contribution is 0.0948. The summed E-state index contributed by atoms with van der Waals surface area (Å²) in [5, 5.41) is 3.02. The van der Waals surface area contributed by atoms with Gasteiger partial charge < -0.3 is 15.0 Å². The highest BCUT2D eigenvalue weighted by Gasteiger charge is 2.55. The van der Waals surface area contributed by atoms with E-state index in [1.54, 1.807) is 12.1 Å². The number of carbonyl (C=O) groups is 1. The number of fused-ring (bicyclic) bond motifs is 1. The number of amides is 1. The van der Waals surface area contributed by atoms with Crippen LogP contribution in [0.3, 0.4) is 0 Å². The minimum absolute atomic E-state index is 0.191. The van der Waals surface area contributed by atoms with Crippen LogP contribution >= 0.6 is 15.9 Å². The topological polar surface area (TPSA) is 44.8 Å². The number of nitrogens with one attached hydrogen (secondary N) is 1. The van der Waals surface area contributed by atoms with Crippen LogP contribution in [-0.4, -0.2) is 56.7 Å². The van der Waals surface area contributed by atoms with E-state index in [2.05, 4.69) is 50.4 Å². The van der Waals surface area contributed by atoms with Crippen molar-refractivity contribution in [1.29, 1.82) is 0 Å². The lowest BCUT2D eigenvalue weighted by Crippen LogP contribution is -2.36. The van der Waals surface area contributed by atoms with Gasteiger partial charge in [-0.15, -0.1) is 0 Å². The maximum Gasteiger partial charge on any atom is 0.251 e. The van der Waals surface area contributed by atoms with E-state index < -0.39 is 0 Å². The zero-order chi connectivity index (χ0) is 21.4. The first-order valence-electron chi connectivity index (χ1n) is 11.0. The highest BCUT2D eigenvalue weighted by atomic mass is 79.9. The monoisotopic (exact) mass is 487 g/mol. The molecule has 0 spiro atoms. The fourth-order valence-electron chi connectivity index (χ4n) is 5.04. The van der Waals surface area contributed by atoms with Crippen molar-refractivity contribution in [2.45, 2.75) is 6.54 Å². The Morgan fingerprint density at radius 1 is 1.10 bits per heavy atom. The summed E-state index contributed by atoms with van der Waals surface area (Å²) in [4.78, 5) is 17.0. The number of hydrogen-bond acceptors (Lipinski definition) is 4. The molecule has 3 aliphatic rings. The van der Waals surface area contributed by atoms with Crippen molar-refractivity contribution < 1.29 is 13.9 Å². The van der Waals surface area contributed by atoms with Gasteiger partial charge in [-0.05, 0) is 53.6 Å². The van der Waals surface area contributed by atoms with E-state index >= 15 is 0 Å². The van der Waals surface area contributed by atoms with Gasteiger partial charge in [0.1, 0.15) is 5.82 Å². The summed E-state index contributed by atoms with van der Waals surface area (Å²) < 4.78 is 21.0. The Bertz CT molecular complexity index is 936. The van der Waals surface area contributed by atoms with E-state index in [0.29, 0.717) is 61.9 Å². The van der Waals surface area contributed by atoms with Gasteiger partial charge in [-0.3, -0.25) is 9.69 Å². The van der Waals surface area contributed by atoms with Crippen LogP contribution in [0, 0.1) is 23.6 Å². The minimum Gasteiger partial charge on any atom is -0.378 e. The molecule has 1 N–H and O–H groups in total. The molecule has 2 aliphatic heterocycles. The van der Waals surface area contributed by atoms with Crippen LogP contribution in [0.4, 0.5) is 10.1 Å². The second-order valence-corrected chi connectivity index (χ2v) is 9.70. The van der Waals surface area contributed by atoms with Gasteiger partial charge in [0.15, 0.2) is 0 Å². The van der Waals surface area contributed by atoms with Gasteiger partial charge in [-0.2, -0.15) is 0 Å². The molecule has 5 rings (SSSR count). The summed E-state index contributed by atoms with van der Waals surface area (Å²) >= 11 is 3.48. The number of nitrogens with zero attached hydrogens (tertiary/aromatic N) is 2. The number of benzene rings is 2. The third-order valence-electron chi connectivity index (χ3n) is 6.83. The smallest absolute Gasteiger partial charge is 0.251 e. The fraction of sp³-hybridized carbons (Fsp3) is 0.458. The quantitative estimate of drug-likeness (QED) is 0.676. The van der Waals surface area contributed by atoms with Crippen LogP contribution in [-0.2, 0) is 11.3 Å². The second-order valence-electron chi connectivity index (χ2n) is 8.79. The summed E-state index contributed by atoms with van der Waals surface area (Å²) in [6.45, 7) is 6.38. The summed E-state index contributed by atoms with van der Waals surface area (Å²) in [7, 11) is 0. The lowest BCUT2D eigenvalue weighted by Gasteiger charge is -2.29. The van der Waals surface area contributed by atoms with Gasteiger partial charge in [0.2, 0.25) is 0 Å². The molecule has 164 valence electrons. The average Bonchev–Trinajstić information content (AvgIpc) is 3.24. The molecule has 0 aromatic heterocycles. The SMILES string of the molecule is O=C(NCC1C2CN(Cc3ccc(Br)cc3)CC12)c1ccc(N2CCOCC2)c(F)c1. The first-order chi connectivity index (χ1) is 15.1. The first-order valence-corrected chi connectivity index (χ1v) is 11.7. The maximum atomic E-state index is 14.6. The molecule has 3 fully saturated rings. The Labute approximate surface area is 190 Å². The molecule has 2 atom stereocenters. The van der Waals surface area contributed by atoms with Crippen LogP contribution in [0.5, 0.6) is 0 Å². The van der Waals surface area contributed by atoms with Crippen molar-refractivity contribution in [3.63, 3.8) is 0 Å². The fourth-order valence-corrected chi connectivity index (χ4v) is 5.30. The molecule has 5 nitrogen and oxygen atoms in total. The van der Waals surface area contributed by atoms with Crippen molar-refractivity contribution in [2.24, 2.45) is 17.8 Å². The highest BCUT2D eigenvalue weighted by Crippen LogP contribution is 2.51. The normalized spacial score (nSPS) is 25.4. The van der Waals surface area contributed by atoms with Crippen LogP contribution in [0.1, 0.15) is 15.9 Å². The number of piperidine rings is 1. The molecule has 31 heavy (non-hydrogen) atoms. The number of carbonyl (C=O) groups excluding carboxylic acids is 1. The molecule has 2 aromatic rings. The summed E-state index contributed by atoms with van der Waals surface area (Å²) in [5.74, 6) is 1.33. The Hall–Kier alpha value is -1.96. The molecular formula is C24H27BrFN3O2. The van der Waals surface area contributed by atoms with E-state index in [1.165, 1.54) is 11.6 Å². The van der Waals surface area contributed by atoms with Crippen LogP contribution < -0.4 is 10.2 Å². The van der Waals surface area contributed by atoms with E-state index in [0.717, 1.165) is 24.1 Å². The van der Waals surface area contributed by atoms with Gasteiger partial charge >= 0.3 is 0 Å². The number of ether oxygens (including phenoxy) is 1. The maximum absolute atomic E-state index is 14.6. The van der Waals surface area contributed by atoms with Crippen molar-refractivity contribution in [1.82, 2.24) is 10.2 Å². The van der Waals surface area contributed by atoms with Gasteiger partial charge in [0, 0.05) is 49.3 Å². The third kappa shape index (κ3) is 4.64. The van der Waals surface area contributed by atoms with Gasteiger partial charge in [0.05, 0.1) is 18.9 Å². The Morgan fingerprint density at radius 3 is 2.48 bits per heavy atom. The van der Waals surface area contributed by atoms with Gasteiger partial charge in [-0.25, -0.2) is 4.39 Å². The summed E-state index contributed by atoms with van der Waals surface area (Å²) in [5.41, 5.74) is 2.26.